The number of aliphatic hydroxyl groups excluding tert-OH is 16. The third-order valence-electron chi connectivity index (χ3n) is 16.4. The zero-order chi connectivity index (χ0) is 77.9. The van der Waals surface area contributed by atoms with Crippen LogP contribution in [0.4, 0.5) is 0 Å². The lowest BCUT2D eigenvalue weighted by atomic mass is 9.99. The number of aliphatic carboxylic acids is 1. The van der Waals surface area contributed by atoms with Gasteiger partial charge in [0.25, 0.3) is 11.8 Å². The molecule has 5 heterocycles. The third-order valence-corrected chi connectivity index (χ3v) is 16.4. The quantitative estimate of drug-likeness (QED) is 0.0199. The SMILES string of the molecule is O=C(CN(CC(=O)NCCO[C@@H]1O[C@H](CO)[C@@H](O)[C@H](O)[C@H]1O)CC(=O)NCCO[C@@H]1O[C@H](CO)[C@@H](O)[C@H](O)[C@H]1O)NCCCCCC(=O)ON1C(=O)CCC1=O.O=C(O)CCCCCNC(=O)CN(CC(=O)NCCO[C@@H]1O[C@H](CO)[C@@H](O)[C@H](O)[C@H]1O)CC(=O)NCCO[C@@H]1O[C@H](CO)[C@@H](O)[C@H](O)[C@H]1O. The number of carboxylic acids is 1. The molecule has 5 rings (SSSR count). The number of nitrogens with one attached hydrogen (secondary N) is 6. The second kappa shape index (κ2) is 48.3. The third kappa shape index (κ3) is 31.5. The summed E-state index contributed by atoms with van der Waals surface area (Å²) in [4.78, 5) is 129. The van der Waals surface area contributed by atoms with Gasteiger partial charge in [0.1, 0.15) is 97.7 Å². The van der Waals surface area contributed by atoms with Gasteiger partial charge in [0.2, 0.25) is 35.4 Å². The van der Waals surface area contributed by atoms with Crippen molar-refractivity contribution < 1.29 is 177 Å². The Morgan fingerprint density at radius 2 is 0.600 bits per heavy atom. The molecule has 0 unspecified atom stereocenters. The van der Waals surface area contributed by atoms with Crippen LogP contribution in [-0.2, 0) is 90.7 Å². The maximum absolute atomic E-state index is 12.8. The number of carboxylic acid groups (broad SMARTS) is 1. The summed E-state index contributed by atoms with van der Waals surface area (Å²) in [6.45, 7) is -6.14. The highest BCUT2D eigenvalue weighted by Gasteiger charge is 2.48. The Kier molecular flexibility index (Phi) is 42.0. The van der Waals surface area contributed by atoms with Crippen LogP contribution in [0.3, 0.4) is 0 Å². The molecule has 0 aromatic carbocycles. The first-order valence-corrected chi connectivity index (χ1v) is 34.0. The molecule has 5 fully saturated rings. The first kappa shape index (κ1) is 91.2. The number of unbranched alkanes of at least 4 members (excludes halogenated alkanes) is 4. The minimum Gasteiger partial charge on any atom is -0.481 e. The van der Waals surface area contributed by atoms with Crippen LogP contribution in [0.25, 0.3) is 0 Å². The van der Waals surface area contributed by atoms with Gasteiger partial charge in [0.15, 0.2) is 25.2 Å². The molecule has 5 aliphatic heterocycles. The van der Waals surface area contributed by atoms with E-state index in [1.807, 2.05) is 0 Å². The van der Waals surface area contributed by atoms with Gasteiger partial charge in [0.05, 0.1) is 92.1 Å². The molecule has 23 N–H and O–H groups in total. The van der Waals surface area contributed by atoms with Crippen molar-refractivity contribution in [1.29, 1.82) is 0 Å². The maximum Gasteiger partial charge on any atom is 0.333 e. The number of aliphatic hydroxyl groups is 16. The number of hydrogen-bond acceptors (Lipinski definition) is 37. The van der Waals surface area contributed by atoms with E-state index in [1.54, 1.807) is 0 Å². The van der Waals surface area contributed by atoms with E-state index in [0.717, 1.165) is 0 Å². The molecular weight excluding hydrogens is 1420 g/mol. The Balaban J connectivity index is 0.000000449. The second-order valence-electron chi connectivity index (χ2n) is 24.7. The van der Waals surface area contributed by atoms with Crippen LogP contribution in [0.5, 0.6) is 0 Å². The second-order valence-corrected chi connectivity index (χ2v) is 24.7. The molecular formula is C60H103N9O36. The van der Waals surface area contributed by atoms with Crippen molar-refractivity contribution in [3.63, 3.8) is 0 Å². The van der Waals surface area contributed by atoms with Gasteiger partial charge in [0, 0.05) is 65.0 Å². The highest BCUT2D eigenvalue weighted by atomic mass is 16.7. The van der Waals surface area contributed by atoms with E-state index in [4.69, 9.17) is 47.8 Å². The topological polar surface area (TPSA) is 680 Å². The summed E-state index contributed by atoms with van der Waals surface area (Å²) in [5, 5.41) is 181. The Morgan fingerprint density at radius 3 is 0.848 bits per heavy atom. The first-order valence-electron chi connectivity index (χ1n) is 34.0. The highest BCUT2D eigenvalue weighted by molar-refractivity contribution is 6.01. The molecule has 0 aliphatic carbocycles. The Bertz CT molecular complexity index is 2550. The minimum atomic E-state index is -1.66. The summed E-state index contributed by atoms with van der Waals surface area (Å²) in [6, 6.07) is 0. The van der Waals surface area contributed by atoms with Crippen LogP contribution in [0.2, 0.25) is 0 Å². The molecule has 0 spiro atoms. The average Bonchev–Trinajstić information content (AvgIpc) is 1.38. The molecule has 105 heavy (non-hydrogen) atoms. The molecule has 0 radical (unpaired) electrons. The predicted molar refractivity (Wildman–Crippen MR) is 342 cm³/mol. The number of amides is 8. The summed E-state index contributed by atoms with van der Waals surface area (Å²) < 4.78 is 42.3. The average molecular weight is 1530 g/mol. The zero-order valence-corrected chi connectivity index (χ0v) is 57.5. The number of carbonyl (C=O) groups is 10. The molecule has 5 saturated heterocycles. The summed E-state index contributed by atoms with van der Waals surface area (Å²) in [6.07, 6.45) is -27.1. The lowest BCUT2D eigenvalue weighted by molar-refractivity contribution is -0.300. The van der Waals surface area contributed by atoms with E-state index in [2.05, 4.69) is 31.9 Å². The number of imide groups is 1. The molecule has 604 valence electrons. The van der Waals surface area contributed by atoms with Crippen LogP contribution in [0, 0.1) is 0 Å². The maximum atomic E-state index is 12.8. The molecule has 0 aromatic rings. The van der Waals surface area contributed by atoms with Gasteiger partial charge in [-0.25, -0.2) is 4.79 Å². The van der Waals surface area contributed by atoms with E-state index >= 15 is 0 Å². The normalized spacial score (nSPS) is 29.7. The number of rotatable bonds is 45. The molecule has 0 saturated carbocycles. The van der Waals surface area contributed by atoms with Crippen LogP contribution >= 0.6 is 0 Å². The molecule has 8 amide bonds. The van der Waals surface area contributed by atoms with Gasteiger partial charge in [-0.3, -0.25) is 53.0 Å². The number of hydroxylamine groups is 2. The van der Waals surface area contributed by atoms with Gasteiger partial charge in [-0.2, -0.15) is 0 Å². The Labute approximate surface area is 600 Å². The predicted octanol–water partition coefficient (Wildman–Crippen LogP) is -14.6. The largest absolute Gasteiger partial charge is 0.481 e. The van der Waals surface area contributed by atoms with Crippen LogP contribution < -0.4 is 31.9 Å². The first-order chi connectivity index (χ1) is 49.9. The fraction of sp³-hybridized carbons (Fsp3) is 0.833. The van der Waals surface area contributed by atoms with Gasteiger partial charge in [-0.05, 0) is 25.7 Å². The smallest absolute Gasteiger partial charge is 0.333 e. The van der Waals surface area contributed by atoms with Crippen molar-refractivity contribution in [2.24, 2.45) is 0 Å². The van der Waals surface area contributed by atoms with E-state index in [0.29, 0.717) is 43.6 Å². The van der Waals surface area contributed by atoms with Crippen molar-refractivity contribution in [2.75, 3.05) is 131 Å². The fourth-order valence-corrected chi connectivity index (χ4v) is 10.6. The summed E-state index contributed by atoms with van der Waals surface area (Å²) in [7, 11) is 0. The highest BCUT2D eigenvalue weighted by Crippen LogP contribution is 2.26. The van der Waals surface area contributed by atoms with E-state index in [1.165, 1.54) is 9.80 Å². The van der Waals surface area contributed by atoms with Crippen LogP contribution in [0.15, 0.2) is 0 Å². The van der Waals surface area contributed by atoms with E-state index in [-0.39, 0.29) is 97.9 Å². The van der Waals surface area contributed by atoms with E-state index < -0.39 is 241 Å². The lowest BCUT2D eigenvalue weighted by Crippen LogP contribution is -2.59. The van der Waals surface area contributed by atoms with Crippen LogP contribution in [-0.4, -0.2) is 415 Å². The molecule has 20 atom stereocenters. The van der Waals surface area contributed by atoms with Crippen molar-refractivity contribution in [3.05, 3.63) is 0 Å². The Morgan fingerprint density at radius 1 is 0.352 bits per heavy atom. The molecule has 45 nitrogen and oxygen atoms in total. The zero-order valence-electron chi connectivity index (χ0n) is 57.5. The molecule has 5 aliphatic rings. The van der Waals surface area contributed by atoms with Gasteiger partial charge in [-0.15, -0.1) is 5.06 Å². The number of ether oxygens (including phenoxy) is 8. The van der Waals surface area contributed by atoms with Gasteiger partial charge >= 0.3 is 11.9 Å². The summed E-state index contributed by atoms with van der Waals surface area (Å²) >= 11 is 0. The van der Waals surface area contributed by atoms with Gasteiger partial charge in [-0.1, -0.05) is 12.8 Å². The number of carbonyl (C=O) groups excluding carboxylic acids is 9. The lowest BCUT2D eigenvalue weighted by Gasteiger charge is -2.39. The van der Waals surface area contributed by atoms with Crippen LogP contribution in [0.1, 0.15) is 64.2 Å². The van der Waals surface area contributed by atoms with Crippen molar-refractivity contribution in [3.8, 4) is 0 Å². The van der Waals surface area contributed by atoms with Gasteiger partial charge < -0.3 is 161 Å². The minimum absolute atomic E-state index is 0.00701. The number of nitrogens with zero attached hydrogens (tertiary/aromatic N) is 3. The Hall–Kier alpha value is -6.14. The standard InChI is InChI=1S/C32H53N5O19.C28H50N4O17/c38-15-17-25(46)27(48)29(50)31(54-17)52-10-8-34-20(41)13-36(14-21(42)35-9-11-53-32-30(51)28(49)26(47)18(16-39)55-32)12-19(40)33-7-3-1-2-4-24(45)56-37-22(43)5-6-23(37)44;33-13-15-21(40)23(42)25(44)27(48-15)46-8-6-30-18(36)11-32(10-17(35)29-5-3-1-2-4-20(38)39)12-19(37)31-7-9-47-28-26(45)24(43)22(41)16(14-34)49-28/h17-18,25-32,38-39,46-51H,1-16H2,(H,33,40)(H,34,41)(H,35,42);15-16,21-28,33-34,40-45H,1-14H2,(H,29,35)(H,30,36)(H,31,37)(H,38,39)/t17-,18-,25-,26-,27+,28+,29-,30-,31-,32-;15-,16-,21-,22-,23+,24+,25-,26-,27-,28-/m11/s1. The van der Waals surface area contributed by atoms with E-state index in [9.17, 15) is 130 Å². The molecule has 45 heteroatoms. The summed E-state index contributed by atoms with van der Waals surface area (Å²) in [5.74, 6) is -6.40. The molecule has 0 aromatic heterocycles. The van der Waals surface area contributed by atoms with Crippen molar-refractivity contribution >= 4 is 59.2 Å². The summed E-state index contributed by atoms with van der Waals surface area (Å²) in [5.41, 5.74) is 0. The molecule has 0 bridgehead atoms. The van der Waals surface area contributed by atoms with Crippen molar-refractivity contribution in [1.82, 2.24) is 46.8 Å². The van der Waals surface area contributed by atoms with Crippen molar-refractivity contribution in [2.45, 2.75) is 187 Å². The fourth-order valence-electron chi connectivity index (χ4n) is 10.6. The monoisotopic (exact) mass is 1530 g/mol. The number of hydrogen-bond donors (Lipinski definition) is 23.